The number of aryl methyl sites for hydroxylation is 2. The van der Waals surface area contributed by atoms with Crippen molar-refractivity contribution in [2.75, 3.05) is 14.2 Å². The van der Waals surface area contributed by atoms with E-state index in [1.807, 2.05) is 18.2 Å². The van der Waals surface area contributed by atoms with E-state index in [4.69, 9.17) is 9.47 Å². The third-order valence-corrected chi connectivity index (χ3v) is 4.98. The number of hydrogen-bond donors (Lipinski definition) is 0. The highest BCUT2D eigenvalue weighted by molar-refractivity contribution is 5.87. The van der Waals surface area contributed by atoms with Crippen LogP contribution in [0, 0.1) is 11.3 Å². The van der Waals surface area contributed by atoms with Crippen molar-refractivity contribution in [1.29, 1.82) is 5.26 Å². The van der Waals surface area contributed by atoms with E-state index in [1.165, 1.54) is 5.56 Å². The summed E-state index contributed by atoms with van der Waals surface area (Å²) in [5, 5.41) is 9.30. The molecule has 0 radical (unpaired) electrons. The van der Waals surface area contributed by atoms with Gasteiger partial charge in [-0.25, -0.2) is 0 Å². The number of fused-ring (bicyclic) bond motifs is 3. The maximum atomic E-state index is 9.30. The predicted molar refractivity (Wildman–Crippen MR) is 101 cm³/mol. The zero-order valence-electron chi connectivity index (χ0n) is 15.0. The fourth-order valence-electron chi connectivity index (χ4n) is 3.81. The topological polar surface area (TPSA) is 47.2 Å². The highest BCUT2D eigenvalue weighted by Crippen LogP contribution is 2.44. The Bertz CT molecular complexity index is 997. The van der Waals surface area contributed by atoms with Crippen LogP contribution in [0.3, 0.4) is 0 Å². The Morgan fingerprint density at radius 3 is 2.50 bits per heavy atom. The summed E-state index contributed by atoms with van der Waals surface area (Å²) in [6, 6.07) is 16.7. The van der Waals surface area contributed by atoms with Crippen LogP contribution in [0.1, 0.15) is 11.1 Å². The molecule has 0 saturated heterocycles. The van der Waals surface area contributed by atoms with Gasteiger partial charge in [-0.1, -0.05) is 30.3 Å². The average Bonchev–Trinajstić information content (AvgIpc) is 3.06. The first-order chi connectivity index (χ1) is 12.8. The molecule has 0 aliphatic carbocycles. The molecule has 0 amide bonds. The Labute approximate surface area is 153 Å². The molecule has 4 nitrogen and oxygen atoms in total. The molecule has 3 aromatic rings. The van der Waals surface area contributed by atoms with Crippen LogP contribution in [-0.2, 0) is 19.4 Å². The molecule has 0 spiro atoms. The van der Waals surface area contributed by atoms with Crippen molar-refractivity contribution in [3.63, 3.8) is 0 Å². The number of nitriles is 1. The molecule has 130 valence electrons. The van der Waals surface area contributed by atoms with Gasteiger partial charge in [0.05, 0.1) is 32.4 Å². The van der Waals surface area contributed by atoms with E-state index in [0.29, 0.717) is 6.42 Å². The zero-order valence-corrected chi connectivity index (χ0v) is 15.0. The van der Waals surface area contributed by atoms with Gasteiger partial charge in [-0.2, -0.15) is 5.26 Å². The minimum absolute atomic E-state index is 0.396. The van der Waals surface area contributed by atoms with Gasteiger partial charge < -0.3 is 14.0 Å². The van der Waals surface area contributed by atoms with E-state index in [0.717, 1.165) is 52.4 Å². The number of rotatable bonds is 4. The first-order valence-corrected chi connectivity index (χ1v) is 8.66. The Morgan fingerprint density at radius 2 is 1.81 bits per heavy atom. The highest BCUT2D eigenvalue weighted by atomic mass is 16.5. The quantitative estimate of drug-likeness (QED) is 0.702. The third kappa shape index (κ3) is 2.53. The van der Waals surface area contributed by atoms with Gasteiger partial charge >= 0.3 is 0 Å². The largest absolute Gasteiger partial charge is 0.493 e. The normalized spacial score (nSPS) is 12.0. The van der Waals surface area contributed by atoms with Crippen molar-refractivity contribution in [3.8, 4) is 40.0 Å². The lowest BCUT2D eigenvalue weighted by Gasteiger charge is -2.23. The minimum atomic E-state index is 0.396. The predicted octanol–water partition coefficient (Wildman–Crippen LogP) is 4.46. The van der Waals surface area contributed by atoms with Gasteiger partial charge in [0.25, 0.3) is 0 Å². The summed E-state index contributed by atoms with van der Waals surface area (Å²) in [6.07, 6.45) is 3.45. The van der Waals surface area contributed by atoms with E-state index < -0.39 is 0 Å². The molecule has 0 atom stereocenters. The molecule has 26 heavy (non-hydrogen) atoms. The van der Waals surface area contributed by atoms with E-state index in [9.17, 15) is 5.26 Å². The summed E-state index contributed by atoms with van der Waals surface area (Å²) < 4.78 is 13.3. The lowest BCUT2D eigenvalue weighted by molar-refractivity contribution is 0.354. The molecule has 0 bridgehead atoms. The van der Waals surface area contributed by atoms with Crippen molar-refractivity contribution >= 4 is 0 Å². The molecule has 2 aromatic carbocycles. The Balaban J connectivity index is 2.00. The van der Waals surface area contributed by atoms with Crippen molar-refractivity contribution in [3.05, 3.63) is 59.8 Å². The SMILES string of the molecule is COc1cc2c(cc1OC)-c1c(-c3ccccc3)c(CC#N)cn1CC2. The van der Waals surface area contributed by atoms with Crippen LogP contribution in [0.25, 0.3) is 22.4 Å². The number of nitrogens with zero attached hydrogens (tertiary/aromatic N) is 2. The summed E-state index contributed by atoms with van der Waals surface area (Å²) in [4.78, 5) is 0. The molecule has 1 aliphatic heterocycles. The van der Waals surface area contributed by atoms with Gasteiger partial charge in [-0.15, -0.1) is 0 Å². The second-order valence-corrected chi connectivity index (χ2v) is 6.39. The molecule has 2 heterocycles. The van der Waals surface area contributed by atoms with E-state index >= 15 is 0 Å². The second-order valence-electron chi connectivity index (χ2n) is 6.39. The molecule has 0 fully saturated rings. The second kappa shape index (κ2) is 6.61. The van der Waals surface area contributed by atoms with Crippen LogP contribution in [0.4, 0.5) is 0 Å². The smallest absolute Gasteiger partial charge is 0.161 e. The molecule has 0 N–H and O–H groups in total. The molecule has 4 heteroatoms. The molecule has 1 aromatic heterocycles. The number of methoxy groups -OCH3 is 2. The molecule has 4 rings (SSSR count). The number of ether oxygens (including phenoxy) is 2. The molecule has 1 aliphatic rings. The maximum absolute atomic E-state index is 9.30. The van der Waals surface area contributed by atoms with Crippen LogP contribution in [-0.4, -0.2) is 18.8 Å². The number of benzene rings is 2. The van der Waals surface area contributed by atoms with Crippen molar-refractivity contribution in [2.45, 2.75) is 19.4 Å². The fraction of sp³-hybridized carbons (Fsp3) is 0.227. The molecule has 0 unspecified atom stereocenters. The summed E-state index contributed by atoms with van der Waals surface area (Å²) >= 11 is 0. The summed E-state index contributed by atoms with van der Waals surface area (Å²) in [5.74, 6) is 1.48. The standard InChI is InChI=1S/C22H20N2O2/c1-25-19-12-16-9-11-24-14-17(8-10-23)21(15-6-4-3-5-7-15)22(24)18(16)13-20(19)26-2/h3-7,12-14H,8-9,11H2,1-2H3. The summed E-state index contributed by atoms with van der Waals surface area (Å²) in [5.41, 5.74) is 6.89. The van der Waals surface area contributed by atoms with Gasteiger partial charge in [0, 0.05) is 23.9 Å². The Kier molecular flexibility index (Phi) is 4.14. The Morgan fingerprint density at radius 1 is 1.08 bits per heavy atom. The van der Waals surface area contributed by atoms with Gasteiger partial charge in [-0.3, -0.25) is 0 Å². The summed E-state index contributed by atoms with van der Waals surface area (Å²) in [6.45, 7) is 0.892. The fourth-order valence-corrected chi connectivity index (χ4v) is 3.81. The van der Waals surface area contributed by atoms with Crippen LogP contribution in [0.15, 0.2) is 48.7 Å². The summed E-state index contributed by atoms with van der Waals surface area (Å²) in [7, 11) is 3.32. The van der Waals surface area contributed by atoms with Gasteiger partial charge in [0.1, 0.15) is 0 Å². The van der Waals surface area contributed by atoms with Crippen molar-refractivity contribution in [1.82, 2.24) is 4.57 Å². The minimum Gasteiger partial charge on any atom is -0.493 e. The molecular formula is C22H20N2O2. The van der Waals surface area contributed by atoms with Gasteiger partial charge in [-0.05, 0) is 35.2 Å². The monoisotopic (exact) mass is 344 g/mol. The lowest BCUT2D eigenvalue weighted by Crippen LogP contribution is -2.10. The lowest BCUT2D eigenvalue weighted by atomic mass is 9.91. The highest BCUT2D eigenvalue weighted by Gasteiger charge is 2.25. The van der Waals surface area contributed by atoms with Gasteiger partial charge in [0.2, 0.25) is 0 Å². The molecule has 0 saturated carbocycles. The van der Waals surface area contributed by atoms with Crippen LogP contribution >= 0.6 is 0 Å². The Hall–Kier alpha value is -3.19. The van der Waals surface area contributed by atoms with E-state index in [2.05, 4.69) is 41.1 Å². The number of aromatic nitrogens is 1. The van der Waals surface area contributed by atoms with Crippen molar-refractivity contribution < 1.29 is 9.47 Å². The van der Waals surface area contributed by atoms with Crippen LogP contribution in [0.2, 0.25) is 0 Å². The van der Waals surface area contributed by atoms with Crippen LogP contribution < -0.4 is 9.47 Å². The van der Waals surface area contributed by atoms with Crippen molar-refractivity contribution in [2.24, 2.45) is 0 Å². The van der Waals surface area contributed by atoms with E-state index in [-0.39, 0.29) is 0 Å². The van der Waals surface area contributed by atoms with E-state index in [1.54, 1.807) is 14.2 Å². The number of hydrogen-bond acceptors (Lipinski definition) is 3. The third-order valence-electron chi connectivity index (χ3n) is 4.98. The first kappa shape index (κ1) is 16.3. The zero-order chi connectivity index (χ0) is 18.1. The maximum Gasteiger partial charge on any atom is 0.161 e. The first-order valence-electron chi connectivity index (χ1n) is 8.66. The van der Waals surface area contributed by atoms with Crippen LogP contribution in [0.5, 0.6) is 11.5 Å². The van der Waals surface area contributed by atoms with Gasteiger partial charge in [0.15, 0.2) is 11.5 Å². The average molecular weight is 344 g/mol. The molecular weight excluding hydrogens is 324 g/mol.